The number of aryl methyl sites for hydroxylation is 1. The first-order valence-electron chi connectivity index (χ1n) is 3.01. The third kappa shape index (κ3) is 1.68. The molecule has 0 saturated heterocycles. The Balaban J connectivity index is 2.85. The summed E-state index contributed by atoms with van der Waals surface area (Å²) in [4.78, 5) is 1.38. The third-order valence-electron chi connectivity index (χ3n) is 1.11. The molecule has 1 heterocycles. The number of hydrogen-bond acceptors (Lipinski definition) is 1. The van der Waals surface area contributed by atoms with Gasteiger partial charge in [0.15, 0.2) is 0 Å². The molecule has 0 saturated carbocycles. The molecule has 1 aromatic heterocycles. The zero-order chi connectivity index (χ0) is 6.69. The molecule has 0 aliphatic heterocycles. The van der Waals surface area contributed by atoms with Gasteiger partial charge in [-0.15, -0.1) is 11.3 Å². The van der Waals surface area contributed by atoms with Gasteiger partial charge in [0.2, 0.25) is 0 Å². The van der Waals surface area contributed by atoms with Gasteiger partial charge in [0.05, 0.1) is 0 Å². The van der Waals surface area contributed by atoms with Gasteiger partial charge in [-0.2, -0.15) is 0 Å². The largest absolute Gasteiger partial charge is 0.149 e. The lowest BCUT2D eigenvalue weighted by Crippen LogP contribution is -1.57. The minimum atomic E-state index is 1.32. The fraction of sp³-hybridized carbons (Fsp3) is 0.250. The lowest BCUT2D eigenvalue weighted by atomic mass is 10.3. The summed E-state index contributed by atoms with van der Waals surface area (Å²) in [5.74, 6) is 0. The van der Waals surface area contributed by atoms with E-state index in [0.29, 0.717) is 0 Å². The summed E-state index contributed by atoms with van der Waals surface area (Å²) in [7, 11) is 0. The molecule has 0 nitrogen and oxygen atoms in total. The average Bonchev–Trinajstić information content (AvgIpc) is 2.17. The van der Waals surface area contributed by atoms with E-state index in [-0.39, 0.29) is 0 Å². The van der Waals surface area contributed by atoms with Crippen LogP contribution in [0.2, 0.25) is 0 Å². The van der Waals surface area contributed by atoms with Gasteiger partial charge in [0, 0.05) is 4.88 Å². The second-order valence-corrected chi connectivity index (χ2v) is 3.11. The van der Waals surface area contributed by atoms with Crippen LogP contribution in [0.1, 0.15) is 17.4 Å². The summed E-state index contributed by atoms with van der Waals surface area (Å²) >= 11 is 1.79. The molecule has 0 aliphatic rings. The Morgan fingerprint density at radius 1 is 1.56 bits per heavy atom. The molecule has 1 rings (SSSR count). The highest BCUT2D eigenvalue weighted by Gasteiger charge is 1.87. The number of allylic oxidation sites excluding steroid dienone is 1. The third-order valence-corrected chi connectivity index (χ3v) is 1.99. The highest BCUT2D eigenvalue weighted by molar-refractivity contribution is 7.10. The Hall–Kier alpha value is -0.560. The quantitative estimate of drug-likeness (QED) is 0.559. The molecule has 0 bridgehead atoms. The second kappa shape index (κ2) is 2.83. The topological polar surface area (TPSA) is 0 Å². The minimum Gasteiger partial charge on any atom is -0.149 e. The molecule has 0 atom stereocenters. The lowest BCUT2D eigenvalue weighted by Gasteiger charge is -1.76. The molecule has 0 fully saturated rings. The van der Waals surface area contributed by atoms with Crippen molar-refractivity contribution in [3.8, 4) is 0 Å². The molecule has 0 unspecified atom stereocenters. The van der Waals surface area contributed by atoms with Crippen LogP contribution in [-0.2, 0) is 0 Å². The van der Waals surface area contributed by atoms with Crippen LogP contribution in [0.5, 0.6) is 0 Å². The van der Waals surface area contributed by atoms with E-state index in [9.17, 15) is 0 Å². The monoisotopic (exact) mass is 138 g/mol. The van der Waals surface area contributed by atoms with Crippen LogP contribution >= 0.6 is 11.3 Å². The molecule has 0 aromatic carbocycles. The van der Waals surface area contributed by atoms with Crippen molar-refractivity contribution in [2.24, 2.45) is 0 Å². The van der Waals surface area contributed by atoms with E-state index in [1.807, 2.05) is 6.92 Å². The number of hydrogen-bond donors (Lipinski definition) is 0. The molecular weight excluding hydrogens is 128 g/mol. The van der Waals surface area contributed by atoms with E-state index in [4.69, 9.17) is 0 Å². The molecule has 0 N–H and O–H groups in total. The van der Waals surface area contributed by atoms with Crippen molar-refractivity contribution < 1.29 is 0 Å². The van der Waals surface area contributed by atoms with Gasteiger partial charge in [-0.25, -0.2) is 0 Å². The van der Waals surface area contributed by atoms with Crippen LogP contribution in [0, 0.1) is 6.92 Å². The van der Waals surface area contributed by atoms with Crippen molar-refractivity contribution in [3.63, 3.8) is 0 Å². The van der Waals surface area contributed by atoms with Crippen molar-refractivity contribution >= 4 is 17.4 Å². The van der Waals surface area contributed by atoms with Gasteiger partial charge in [-0.05, 0) is 30.9 Å². The van der Waals surface area contributed by atoms with Crippen LogP contribution in [0.3, 0.4) is 0 Å². The minimum absolute atomic E-state index is 1.32. The van der Waals surface area contributed by atoms with Crippen LogP contribution in [0.15, 0.2) is 17.5 Å². The summed E-state index contributed by atoms with van der Waals surface area (Å²) in [6, 6.07) is 2.19. The Bertz CT molecular complexity index is 208. The van der Waals surface area contributed by atoms with E-state index < -0.39 is 0 Å². The fourth-order valence-corrected chi connectivity index (χ4v) is 1.42. The zero-order valence-electron chi connectivity index (χ0n) is 5.72. The Morgan fingerprint density at radius 3 is 2.78 bits per heavy atom. The molecule has 1 heteroatoms. The first kappa shape index (κ1) is 6.56. The molecule has 9 heavy (non-hydrogen) atoms. The molecule has 0 radical (unpaired) electrons. The van der Waals surface area contributed by atoms with Crippen molar-refractivity contribution in [1.29, 1.82) is 0 Å². The summed E-state index contributed by atoms with van der Waals surface area (Å²) < 4.78 is 0. The van der Waals surface area contributed by atoms with E-state index >= 15 is 0 Å². The lowest BCUT2D eigenvalue weighted by molar-refractivity contribution is 1.62. The van der Waals surface area contributed by atoms with Crippen molar-refractivity contribution in [3.05, 3.63) is 28.0 Å². The zero-order valence-corrected chi connectivity index (χ0v) is 6.53. The fourth-order valence-electron chi connectivity index (χ4n) is 0.744. The molecular formula is C8H10S. The predicted octanol–water partition coefficient (Wildman–Crippen LogP) is 3.09. The Kier molecular flexibility index (Phi) is 2.06. The number of thiophene rings is 1. The highest BCUT2D eigenvalue weighted by atomic mass is 32.1. The standard InChI is InChI=1S/C8H10S/c1-3-4-8-5-7(2)9-6-8/h3-6H,1-2H3/b4-3+. The van der Waals surface area contributed by atoms with Gasteiger partial charge in [-0.3, -0.25) is 0 Å². The average molecular weight is 138 g/mol. The summed E-state index contributed by atoms with van der Waals surface area (Å²) in [5, 5.41) is 2.16. The SMILES string of the molecule is C/C=C/c1csc(C)c1. The molecule has 0 amide bonds. The van der Waals surface area contributed by atoms with E-state index in [0.717, 1.165) is 0 Å². The predicted molar refractivity (Wildman–Crippen MR) is 43.8 cm³/mol. The van der Waals surface area contributed by atoms with Gasteiger partial charge in [-0.1, -0.05) is 12.2 Å². The first-order valence-corrected chi connectivity index (χ1v) is 3.88. The van der Waals surface area contributed by atoms with Crippen molar-refractivity contribution in [2.45, 2.75) is 13.8 Å². The van der Waals surface area contributed by atoms with Crippen molar-refractivity contribution in [2.75, 3.05) is 0 Å². The van der Waals surface area contributed by atoms with Crippen LogP contribution in [0.4, 0.5) is 0 Å². The van der Waals surface area contributed by atoms with E-state index in [1.165, 1.54) is 10.4 Å². The molecule has 0 spiro atoms. The van der Waals surface area contributed by atoms with Crippen molar-refractivity contribution in [1.82, 2.24) is 0 Å². The smallest absolute Gasteiger partial charge is 0.00203 e. The first-order chi connectivity index (χ1) is 4.33. The summed E-state index contributed by atoms with van der Waals surface area (Å²) in [5.41, 5.74) is 1.32. The van der Waals surface area contributed by atoms with Crippen LogP contribution in [-0.4, -0.2) is 0 Å². The van der Waals surface area contributed by atoms with Gasteiger partial charge in [0.1, 0.15) is 0 Å². The number of rotatable bonds is 1. The summed E-state index contributed by atoms with van der Waals surface area (Å²) in [6.45, 7) is 4.16. The molecule has 0 aliphatic carbocycles. The van der Waals surface area contributed by atoms with Gasteiger partial charge < -0.3 is 0 Å². The maximum Gasteiger partial charge on any atom is 0.00203 e. The van der Waals surface area contributed by atoms with Crippen LogP contribution in [0.25, 0.3) is 6.08 Å². The highest BCUT2D eigenvalue weighted by Crippen LogP contribution is 2.13. The maximum atomic E-state index is 2.19. The van der Waals surface area contributed by atoms with E-state index in [1.54, 1.807) is 11.3 Å². The maximum absolute atomic E-state index is 2.19. The second-order valence-electron chi connectivity index (χ2n) is 1.99. The van der Waals surface area contributed by atoms with Crippen LogP contribution < -0.4 is 0 Å². The van der Waals surface area contributed by atoms with Gasteiger partial charge in [0.25, 0.3) is 0 Å². The van der Waals surface area contributed by atoms with Gasteiger partial charge >= 0.3 is 0 Å². The Labute approximate surface area is 59.8 Å². The summed E-state index contributed by atoms with van der Waals surface area (Å²) in [6.07, 6.45) is 4.17. The molecule has 1 aromatic rings. The van der Waals surface area contributed by atoms with E-state index in [2.05, 4.69) is 30.5 Å². The normalized spacial score (nSPS) is 10.9. The Morgan fingerprint density at radius 2 is 2.33 bits per heavy atom. The molecule has 48 valence electrons.